The van der Waals surface area contributed by atoms with E-state index in [-0.39, 0.29) is 0 Å². The highest BCUT2D eigenvalue weighted by atomic mass is 35.5. The van der Waals surface area contributed by atoms with Crippen LogP contribution in [0.15, 0.2) is 42.5 Å². The summed E-state index contributed by atoms with van der Waals surface area (Å²) in [6, 6.07) is 13.4. The maximum Gasteiger partial charge on any atom is 0.168 e. The van der Waals surface area contributed by atoms with E-state index in [0.717, 1.165) is 12.2 Å². The van der Waals surface area contributed by atoms with E-state index in [1.54, 1.807) is 18.2 Å². The third kappa shape index (κ3) is 3.21. The number of hydrogen-bond donors (Lipinski definition) is 1. The monoisotopic (exact) mass is 275 g/mol. The molecule has 0 saturated heterocycles. The molecule has 1 atom stereocenters. The molecule has 0 fully saturated rings. The minimum absolute atomic E-state index is 0.514. The van der Waals surface area contributed by atoms with E-state index in [4.69, 9.17) is 22.1 Å². The van der Waals surface area contributed by atoms with Crippen LogP contribution in [0.3, 0.4) is 0 Å². The van der Waals surface area contributed by atoms with E-state index >= 15 is 0 Å². The lowest BCUT2D eigenvalue weighted by atomic mass is 9.99. The molecule has 2 rings (SSSR count). The second-order valence-corrected chi connectivity index (χ2v) is 5.05. The van der Waals surface area contributed by atoms with Gasteiger partial charge in [-0.05, 0) is 42.2 Å². The van der Waals surface area contributed by atoms with Crippen LogP contribution in [-0.4, -0.2) is 0 Å². The number of halogens is 1. The lowest BCUT2D eigenvalue weighted by Gasteiger charge is -2.12. The van der Waals surface area contributed by atoms with Gasteiger partial charge in [0.15, 0.2) is 5.75 Å². The van der Waals surface area contributed by atoms with Crippen molar-refractivity contribution in [3.05, 3.63) is 53.1 Å². The molecule has 3 heteroatoms. The fraction of sp³-hybridized carbons (Fsp3) is 0.250. The number of hydrogen-bond acceptors (Lipinski definition) is 2. The molecule has 0 aliphatic heterocycles. The van der Waals surface area contributed by atoms with Crippen molar-refractivity contribution in [1.82, 2.24) is 0 Å². The molecule has 2 nitrogen and oxygen atoms in total. The quantitative estimate of drug-likeness (QED) is 0.776. The summed E-state index contributed by atoms with van der Waals surface area (Å²) in [5, 5.41) is 0.519. The molecule has 0 aromatic heterocycles. The van der Waals surface area contributed by atoms with Crippen LogP contribution in [0.4, 0.5) is 5.69 Å². The van der Waals surface area contributed by atoms with Crippen molar-refractivity contribution in [2.45, 2.75) is 26.2 Å². The summed E-state index contributed by atoms with van der Waals surface area (Å²) in [5.41, 5.74) is 7.71. The highest BCUT2D eigenvalue weighted by Crippen LogP contribution is 2.35. The fourth-order valence-corrected chi connectivity index (χ4v) is 2.07. The standard InChI is InChI=1S/C16H18ClNO/c1-3-11(2)12-7-9-13(10-8-12)19-16-14(17)5-4-6-15(16)18/h4-11H,3,18H2,1-2H3/t11-/m1/s1. The van der Waals surface area contributed by atoms with Crippen LogP contribution >= 0.6 is 11.6 Å². The average molecular weight is 276 g/mol. The number of nitrogen functional groups attached to an aromatic ring is 1. The Morgan fingerprint density at radius 1 is 1.16 bits per heavy atom. The summed E-state index contributed by atoms with van der Waals surface area (Å²) in [5.74, 6) is 1.81. The molecule has 2 N–H and O–H groups in total. The van der Waals surface area contributed by atoms with E-state index in [9.17, 15) is 0 Å². The van der Waals surface area contributed by atoms with Gasteiger partial charge >= 0.3 is 0 Å². The largest absolute Gasteiger partial charge is 0.454 e. The van der Waals surface area contributed by atoms with Crippen LogP contribution in [0.2, 0.25) is 5.02 Å². The molecule has 0 aliphatic rings. The third-order valence-electron chi connectivity index (χ3n) is 3.28. The van der Waals surface area contributed by atoms with Crippen LogP contribution in [0.1, 0.15) is 31.7 Å². The first kappa shape index (κ1) is 13.8. The molecule has 0 spiro atoms. The Morgan fingerprint density at radius 2 is 1.84 bits per heavy atom. The molecule has 19 heavy (non-hydrogen) atoms. The van der Waals surface area contributed by atoms with E-state index < -0.39 is 0 Å². The second-order valence-electron chi connectivity index (χ2n) is 4.64. The predicted molar refractivity (Wildman–Crippen MR) is 81.1 cm³/mol. The maximum absolute atomic E-state index is 6.08. The maximum atomic E-state index is 6.08. The van der Waals surface area contributed by atoms with Gasteiger partial charge in [0, 0.05) is 0 Å². The van der Waals surface area contributed by atoms with Crippen molar-refractivity contribution in [3.63, 3.8) is 0 Å². The fourth-order valence-electron chi connectivity index (χ4n) is 1.85. The summed E-state index contributed by atoms with van der Waals surface area (Å²) in [4.78, 5) is 0. The molecule has 0 aliphatic carbocycles. The first-order valence-electron chi connectivity index (χ1n) is 6.43. The molecule has 0 unspecified atom stereocenters. The van der Waals surface area contributed by atoms with Crippen LogP contribution < -0.4 is 10.5 Å². The molecule has 100 valence electrons. The number of anilines is 1. The lowest BCUT2D eigenvalue weighted by Crippen LogP contribution is -1.94. The highest BCUT2D eigenvalue weighted by Gasteiger charge is 2.08. The van der Waals surface area contributed by atoms with E-state index in [1.165, 1.54) is 5.56 Å². The van der Waals surface area contributed by atoms with Gasteiger partial charge in [0.05, 0.1) is 10.7 Å². The molecule has 0 saturated carbocycles. The Labute approximate surface area is 119 Å². The summed E-state index contributed by atoms with van der Waals surface area (Å²) < 4.78 is 5.75. The minimum atomic E-state index is 0.514. The first-order chi connectivity index (χ1) is 9.11. The zero-order valence-corrected chi connectivity index (χ0v) is 11.9. The number of para-hydroxylation sites is 1. The summed E-state index contributed by atoms with van der Waals surface area (Å²) >= 11 is 6.08. The van der Waals surface area contributed by atoms with E-state index in [0.29, 0.717) is 22.4 Å². The van der Waals surface area contributed by atoms with Gasteiger partial charge in [0.1, 0.15) is 5.75 Å². The van der Waals surface area contributed by atoms with Gasteiger partial charge in [0.2, 0.25) is 0 Å². The number of ether oxygens (including phenoxy) is 1. The van der Waals surface area contributed by atoms with Gasteiger partial charge in [-0.2, -0.15) is 0 Å². The number of rotatable bonds is 4. The topological polar surface area (TPSA) is 35.2 Å². The smallest absolute Gasteiger partial charge is 0.168 e. The van der Waals surface area contributed by atoms with Gasteiger partial charge in [-0.25, -0.2) is 0 Å². The van der Waals surface area contributed by atoms with Gasteiger partial charge < -0.3 is 10.5 Å². The Balaban J connectivity index is 2.20. The van der Waals surface area contributed by atoms with Gasteiger partial charge in [0.25, 0.3) is 0 Å². The van der Waals surface area contributed by atoms with Crippen molar-refractivity contribution < 1.29 is 4.74 Å². The van der Waals surface area contributed by atoms with Crippen LogP contribution in [0.5, 0.6) is 11.5 Å². The second kappa shape index (κ2) is 5.98. The van der Waals surface area contributed by atoms with E-state index in [1.807, 2.05) is 12.1 Å². The van der Waals surface area contributed by atoms with Crippen molar-refractivity contribution in [3.8, 4) is 11.5 Å². The van der Waals surface area contributed by atoms with Gasteiger partial charge in [-0.1, -0.05) is 43.6 Å². The molecule has 2 aromatic rings. The molecule has 0 heterocycles. The zero-order valence-electron chi connectivity index (χ0n) is 11.2. The van der Waals surface area contributed by atoms with Crippen molar-refractivity contribution in [1.29, 1.82) is 0 Å². The van der Waals surface area contributed by atoms with Gasteiger partial charge in [-0.3, -0.25) is 0 Å². The summed E-state index contributed by atoms with van der Waals surface area (Å²) in [6.45, 7) is 4.39. The van der Waals surface area contributed by atoms with E-state index in [2.05, 4.69) is 26.0 Å². The summed E-state index contributed by atoms with van der Waals surface area (Å²) in [6.07, 6.45) is 1.12. The Hall–Kier alpha value is -1.67. The Morgan fingerprint density at radius 3 is 2.42 bits per heavy atom. The Kier molecular flexibility index (Phi) is 4.33. The molecule has 0 bridgehead atoms. The van der Waals surface area contributed by atoms with Gasteiger partial charge in [-0.15, -0.1) is 0 Å². The number of nitrogens with two attached hydrogens (primary N) is 1. The molecular formula is C16H18ClNO. The zero-order chi connectivity index (χ0) is 13.8. The lowest BCUT2D eigenvalue weighted by molar-refractivity contribution is 0.485. The predicted octanol–water partition coefficient (Wildman–Crippen LogP) is 5.23. The van der Waals surface area contributed by atoms with Crippen LogP contribution in [-0.2, 0) is 0 Å². The normalized spacial score (nSPS) is 12.2. The minimum Gasteiger partial charge on any atom is -0.454 e. The van der Waals surface area contributed by atoms with Crippen molar-refractivity contribution >= 4 is 17.3 Å². The molecule has 0 amide bonds. The molecular weight excluding hydrogens is 258 g/mol. The first-order valence-corrected chi connectivity index (χ1v) is 6.81. The highest BCUT2D eigenvalue weighted by molar-refractivity contribution is 6.32. The SMILES string of the molecule is CC[C@@H](C)c1ccc(Oc2c(N)cccc2Cl)cc1. The number of benzene rings is 2. The third-order valence-corrected chi connectivity index (χ3v) is 3.58. The van der Waals surface area contributed by atoms with Crippen molar-refractivity contribution in [2.75, 3.05) is 5.73 Å². The average Bonchev–Trinajstić information content (AvgIpc) is 2.43. The molecule has 0 radical (unpaired) electrons. The van der Waals surface area contributed by atoms with Crippen molar-refractivity contribution in [2.24, 2.45) is 0 Å². The molecule has 2 aromatic carbocycles. The van der Waals surface area contributed by atoms with Crippen LogP contribution in [0.25, 0.3) is 0 Å². The van der Waals surface area contributed by atoms with Crippen LogP contribution in [0, 0.1) is 0 Å². The Bertz CT molecular complexity index is 531. The summed E-state index contributed by atoms with van der Waals surface area (Å²) in [7, 11) is 0.